The van der Waals surface area contributed by atoms with E-state index in [1.807, 2.05) is 7.11 Å². The molecule has 1 nitrogen and oxygen atoms in total. The first kappa shape index (κ1) is 13.0. The molecule has 80 valence electrons. The Morgan fingerprint density at radius 3 is 2.23 bits per heavy atom. The van der Waals surface area contributed by atoms with Crippen molar-refractivity contribution in [1.82, 2.24) is 0 Å². The highest BCUT2D eigenvalue weighted by Crippen LogP contribution is 2.17. The van der Waals surface area contributed by atoms with Crippen molar-refractivity contribution in [2.24, 2.45) is 11.8 Å². The lowest BCUT2D eigenvalue weighted by Crippen LogP contribution is -2.08. The summed E-state index contributed by atoms with van der Waals surface area (Å²) in [4.78, 5) is 0. The standard InChI is InChI=1S/C12H26O/c1-5-7-12(10-13-4)9-6-8-11(2)3/h11-12H,5-10H2,1-4H3/t12-/m1/s1. The monoisotopic (exact) mass is 186 g/mol. The first-order valence-electron chi connectivity index (χ1n) is 5.69. The fourth-order valence-corrected chi connectivity index (χ4v) is 1.77. The van der Waals surface area contributed by atoms with Gasteiger partial charge in [-0.15, -0.1) is 0 Å². The van der Waals surface area contributed by atoms with Crippen LogP contribution < -0.4 is 0 Å². The van der Waals surface area contributed by atoms with Crippen LogP contribution in [0.1, 0.15) is 52.9 Å². The van der Waals surface area contributed by atoms with Gasteiger partial charge in [-0.05, 0) is 24.7 Å². The molecule has 0 heterocycles. The lowest BCUT2D eigenvalue weighted by atomic mass is 9.95. The second kappa shape index (κ2) is 8.55. The topological polar surface area (TPSA) is 9.23 Å². The minimum Gasteiger partial charge on any atom is -0.384 e. The van der Waals surface area contributed by atoms with Crippen LogP contribution in [0.25, 0.3) is 0 Å². The Morgan fingerprint density at radius 1 is 1.08 bits per heavy atom. The smallest absolute Gasteiger partial charge is 0.0490 e. The Balaban J connectivity index is 3.44. The number of methoxy groups -OCH3 is 1. The van der Waals surface area contributed by atoms with Gasteiger partial charge in [-0.1, -0.05) is 40.0 Å². The molecule has 0 fully saturated rings. The second-order valence-electron chi connectivity index (χ2n) is 4.43. The molecule has 0 saturated heterocycles. The lowest BCUT2D eigenvalue weighted by molar-refractivity contribution is 0.140. The highest BCUT2D eigenvalue weighted by atomic mass is 16.5. The van der Waals surface area contributed by atoms with Gasteiger partial charge in [0.2, 0.25) is 0 Å². The Hall–Kier alpha value is -0.0400. The summed E-state index contributed by atoms with van der Waals surface area (Å²) in [6.07, 6.45) is 6.69. The fraction of sp³-hybridized carbons (Fsp3) is 1.00. The van der Waals surface area contributed by atoms with E-state index in [-0.39, 0.29) is 0 Å². The zero-order valence-electron chi connectivity index (χ0n) is 9.81. The van der Waals surface area contributed by atoms with Crippen molar-refractivity contribution in [2.45, 2.75) is 52.9 Å². The van der Waals surface area contributed by atoms with Gasteiger partial charge in [0.25, 0.3) is 0 Å². The lowest BCUT2D eigenvalue weighted by Gasteiger charge is -2.15. The molecule has 0 rings (SSSR count). The maximum Gasteiger partial charge on any atom is 0.0490 e. The zero-order valence-corrected chi connectivity index (χ0v) is 9.81. The largest absolute Gasteiger partial charge is 0.384 e. The maximum atomic E-state index is 5.21. The van der Waals surface area contributed by atoms with Gasteiger partial charge in [-0.3, -0.25) is 0 Å². The summed E-state index contributed by atoms with van der Waals surface area (Å²) in [6, 6.07) is 0. The van der Waals surface area contributed by atoms with E-state index in [4.69, 9.17) is 4.74 Å². The highest BCUT2D eigenvalue weighted by Gasteiger charge is 2.07. The normalized spacial score (nSPS) is 13.6. The second-order valence-corrected chi connectivity index (χ2v) is 4.43. The molecule has 0 saturated carbocycles. The van der Waals surface area contributed by atoms with Crippen LogP contribution >= 0.6 is 0 Å². The molecule has 0 aromatic rings. The van der Waals surface area contributed by atoms with Crippen LogP contribution in [-0.4, -0.2) is 13.7 Å². The van der Waals surface area contributed by atoms with Crippen LogP contribution in [0.2, 0.25) is 0 Å². The highest BCUT2D eigenvalue weighted by molar-refractivity contribution is 4.58. The molecule has 0 radical (unpaired) electrons. The molecule has 0 unspecified atom stereocenters. The molecule has 0 spiro atoms. The van der Waals surface area contributed by atoms with Crippen molar-refractivity contribution in [3.05, 3.63) is 0 Å². The third-order valence-corrected chi connectivity index (χ3v) is 2.49. The third kappa shape index (κ3) is 8.29. The summed E-state index contributed by atoms with van der Waals surface area (Å²) in [6.45, 7) is 7.80. The van der Waals surface area contributed by atoms with Crippen LogP contribution in [0, 0.1) is 11.8 Å². The number of ether oxygens (including phenoxy) is 1. The van der Waals surface area contributed by atoms with Crippen molar-refractivity contribution in [1.29, 1.82) is 0 Å². The van der Waals surface area contributed by atoms with E-state index in [0.717, 1.165) is 18.4 Å². The van der Waals surface area contributed by atoms with Crippen molar-refractivity contribution >= 4 is 0 Å². The minimum atomic E-state index is 0.800. The molecule has 1 heteroatoms. The van der Waals surface area contributed by atoms with E-state index in [1.54, 1.807) is 0 Å². The van der Waals surface area contributed by atoms with E-state index in [9.17, 15) is 0 Å². The Kier molecular flexibility index (Phi) is 8.53. The quantitative estimate of drug-likeness (QED) is 0.559. The van der Waals surface area contributed by atoms with Crippen molar-refractivity contribution in [3.63, 3.8) is 0 Å². The summed E-state index contributed by atoms with van der Waals surface area (Å²) in [5.41, 5.74) is 0. The molecule has 0 aliphatic carbocycles. The molecule has 1 atom stereocenters. The summed E-state index contributed by atoms with van der Waals surface area (Å²) in [5.74, 6) is 1.65. The number of rotatable bonds is 8. The first-order valence-corrected chi connectivity index (χ1v) is 5.69. The molecule has 0 aromatic heterocycles. The Morgan fingerprint density at radius 2 is 1.77 bits per heavy atom. The van der Waals surface area contributed by atoms with E-state index in [0.29, 0.717) is 0 Å². The first-order chi connectivity index (χ1) is 6.20. The van der Waals surface area contributed by atoms with Crippen LogP contribution in [-0.2, 0) is 4.74 Å². The summed E-state index contributed by atoms with van der Waals surface area (Å²) in [5, 5.41) is 0. The Labute approximate surface area is 83.9 Å². The van der Waals surface area contributed by atoms with Crippen molar-refractivity contribution in [3.8, 4) is 0 Å². The summed E-state index contributed by atoms with van der Waals surface area (Å²) >= 11 is 0. The molecule has 0 bridgehead atoms. The van der Waals surface area contributed by atoms with Gasteiger partial charge in [0.1, 0.15) is 0 Å². The molecule has 0 aromatic carbocycles. The SMILES string of the molecule is CCC[C@H](CCCC(C)C)COC. The van der Waals surface area contributed by atoms with E-state index in [1.165, 1.54) is 32.1 Å². The van der Waals surface area contributed by atoms with Crippen LogP contribution in [0.3, 0.4) is 0 Å². The summed E-state index contributed by atoms with van der Waals surface area (Å²) < 4.78 is 5.21. The van der Waals surface area contributed by atoms with Crippen LogP contribution in [0.4, 0.5) is 0 Å². The van der Waals surface area contributed by atoms with Gasteiger partial charge in [-0.25, -0.2) is 0 Å². The van der Waals surface area contributed by atoms with Gasteiger partial charge in [-0.2, -0.15) is 0 Å². The summed E-state index contributed by atoms with van der Waals surface area (Å²) in [7, 11) is 1.81. The van der Waals surface area contributed by atoms with Crippen LogP contribution in [0.15, 0.2) is 0 Å². The molecule has 0 aliphatic rings. The fourth-order valence-electron chi connectivity index (χ4n) is 1.77. The number of hydrogen-bond donors (Lipinski definition) is 0. The zero-order chi connectivity index (χ0) is 10.1. The average Bonchev–Trinajstić information content (AvgIpc) is 2.04. The van der Waals surface area contributed by atoms with Gasteiger partial charge >= 0.3 is 0 Å². The van der Waals surface area contributed by atoms with Crippen LogP contribution in [0.5, 0.6) is 0 Å². The Bertz CT molecular complexity index is 93.3. The maximum absolute atomic E-state index is 5.21. The van der Waals surface area contributed by atoms with Gasteiger partial charge < -0.3 is 4.74 Å². The minimum absolute atomic E-state index is 0.800. The average molecular weight is 186 g/mol. The van der Waals surface area contributed by atoms with Gasteiger partial charge in [0.15, 0.2) is 0 Å². The molecule has 13 heavy (non-hydrogen) atoms. The molecule has 0 aliphatic heterocycles. The molecule has 0 amide bonds. The van der Waals surface area contributed by atoms with Gasteiger partial charge in [0, 0.05) is 13.7 Å². The van der Waals surface area contributed by atoms with Crippen molar-refractivity contribution < 1.29 is 4.74 Å². The van der Waals surface area contributed by atoms with E-state index in [2.05, 4.69) is 20.8 Å². The predicted molar refractivity (Wildman–Crippen MR) is 59.0 cm³/mol. The van der Waals surface area contributed by atoms with E-state index >= 15 is 0 Å². The molecular weight excluding hydrogens is 160 g/mol. The van der Waals surface area contributed by atoms with Crippen molar-refractivity contribution in [2.75, 3.05) is 13.7 Å². The number of hydrogen-bond acceptors (Lipinski definition) is 1. The molecule has 0 N–H and O–H groups in total. The predicted octanol–water partition coefficient (Wildman–Crippen LogP) is 3.88. The van der Waals surface area contributed by atoms with Gasteiger partial charge in [0.05, 0.1) is 0 Å². The molecular formula is C12H26O. The third-order valence-electron chi connectivity index (χ3n) is 2.49. The van der Waals surface area contributed by atoms with E-state index < -0.39 is 0 Å².